The molecule has 1 fully saturated rings. The van der Waals surface area contributed by atoms with Crippen LogP contribution in [-0.2, 0) is 0 Å². The molecule has 0 amide bonds. The minimum absolute atomic E-state index is 0.649. The van der Waals surface area contributed by atoms with Gasteiger partial charge in [-0.05, 0) is 44.9 Å². The number of rotatable bonds is 6. The fraction of sp³-hybridized carbons (Fsp3) is 0.909. The largest absolute Gasteiger partial charge is 0.315 e. The van der Waals surface area contributed by atoms with Crippen molar-refractivity contribution in [3.63, 3.8) is 0 Å². The van der Waals surface area contributed by atoms with Gasteiger partial charge in [0.25, 0.3) is 0 Å². The highest BCUT2D eigenvalue weighted by Crippen LogP contribution is 2.20. The summed E-state index contributed by atoms with van der Waals surface area (Å²) in [6.45, 7) is 6.51. The highest BCUT2D eigenvalue weighted by molar-refractivity contribution is 8.14. The van der Waals surface area contributed by atoms with E-state index < -0.39 is 0 Å². The normalized spacial score (nSPS) is 21.7. The van der Waals surface area contributed by atoms with Crippen molar-refractivity contribution in [1.29, 1.82) is 0 Å². The highest BCUT2D eigenvalue weighted by atomic mass is 32.2. The lowest BCUT2D eigenvalue weighted by atomic mass is 10.2. The lowest BCUT2D eigenvalue weighted by molar-refractivity contribution is 0.516. The van der Waals surface area contributed by atoms with Crippen LogP contribution in [0.1, 0.15) is 39.5 Å². The van der Waals surface area contributed by atoms with Gasteiger partial charge in [0.15, 0.2) is 0 Å². The average molecular weight is 214 g/mol. The highest BCUT2D eigenvalue weighted by Gasteiger charge is 2.07. The number of aliphatic imine (C=N–C) groups is 1. The first-order valence-corrected chi connectivity index (χ1v) is 6.71. The molecule has 0 saturated carbocycles. The molecule has 0 aromatic rings. The quantitative estimate of drug-likeness (QED) is 0.688. The molecule has 1 rings (SSSR count). The lowest BCUT2D eigenvalue weighted by Crippen LogP contribution is -2.25. The SMILES string of the molecule is CCNC(C)CCCN=C1CCCS1. The second-order valence-corrected chi connectivity index (χ2v) is 5.00. The molecule has 14 heavy (non-hydrogen) atoms. The smallest absolute Gasteiger partial charge is 0.0676 e. The van der Waals surface area contributed by atoms with Crippen LogP contribution in [0.5, 0.6) is 0 Å². The summed E-state index contributed by atoms with van der Waals surface area (Å²) in [5.74, 6) is 1.28. The van der Waals surface area contributed by atoms with Gasteiger partial charge in [-0.3, -0.25) is 4.99 Å². The predicted octanol–water partition coefficient (Wildman–Crippen LogP) is 2.69. The average Bonchev–Trinajstić information content (AvgIpc) is 2.65. The predicted molar refractivity (Wildman–Crippen MR) is 66.4 cm³/mol. The molecule has 1 N–H and O–H groups in total. The zero-order chi connectivity index (χ0) is 10.2. The van der Waals surface area contributed by atoms with Crippen LogP contribution in [0, 0.1) is 0 Å². The van der Waals surface area contributed by atoms with Crippen molar-refractivity contribution >= 4 is 16.8 Å². The molecule has 0 aliphatic carbocycles. The molecule has 1 saturated heterocycles. The number of hydrogen-bond donors (Lipinski definition) is 1. The van der Waals surface area contributed by atoms with Crippen molar-refractivity contribution in [1.82, 2.24) is 5.32 Å². The van der Waals surface area contributed by atoms with Crippen LogP contribution in [0.4, 0.5) is 0 Å². The van der Waals surface area contributed by atoms with Crippen molar-refractivity contribution in [2.75, 3.05) is 18.8 Å². The molecule has 1 atom stereocenters. The van der Waals surface area contributed by atoms with Crippen LogP contribution < -0.4 is 5.32 Å². The fourth-order valence-corrected chi connectivity index (χ4v) is 2.66. The first-order valence-electron chi connectivity index (χ1n) is 5.72. The molecule has 3 heteroatoms. The van der Waals surface area contributed by atoms with Crippen molar-refractivity contribution in [3.05, 3.63) is 0 Å². The van der Waals surface area contributed by atoms with E-state index in [0.717, 1.165) is 13.1 Å². The summed E-state index contributed by atoms with van der Waals surface area (Å²) < 4.78 is 0. The summed E-state index contributed by atoms with van der Waals surface area (Å²) in [5.41, 5.74) is 0. The third-order valence-corrected chi connectivity index (χ3v) is 3.60. The maximum atomic E-state index is 4.61. The number of nitrogens with zero attached hydrogens (tertiary/aromatic N) is 1. The van der Waals surface area contributed by atoms with Crippen LogP contribution in [0.15, 0.2) is 4.99 Å². The Morgan fingerprint density at radius 2 is 2.43 bits per heavy atom. The minimum Gasteiger partial charge on any atom is -0.315 e. The van der Waals surface area contributed by atoms with E-state index in [2.05, 4.69) is 24.2 Å². The minimum atomic E-state index is 0.649. The number of nitrogens with one attached hydrogen (secondary N) is 1. The van der Waals surface area contributed by atoms with Gasteiger partial charge in [-0.15, -0.1) is 11.8 Å². The Kier molecular flexibility index (Phi) is 6.28. The molecule has 1 aliphatic heterocycles. The van der Waals surface area contributed by atoms with Crippen LogP contribution in [-0.4, -0.2) is 29.9 Å². The van der Waals surface area contributed by atoms with Gasteiger partial charge in [0.2, 0.25) is 0 Å². The molecule has 1 aliphatic rings. The third-order valence-electron chi connectivity index (χ3n) is 2.44. The Hall–Kier alpha value is -0.0200. The van der Waals surface area contributed by atoms with Gasteiger partial charge in [0.05, 0.1) is 5.04 Å². The van der Waals surface area contributed by atoms with Gasteiger partial charge in [-0.25, -0.2) is 0 Å². The molecule has 2 nitrogen and oxygen atoms in total. The summed E-state index contributed by atoms with van der Waals surface area (Å²) >= 11 is 1.95. The Morgan fingerprint density at radius 1 is 1.57 bits per heavy atom. The van der Waals surface area contributed by atoms with Gasteiger partial charge < -0.3 is 5.32 Å². The van der Waals surface area contributed by atoms with Gasteiger partial charge in [0.1, 0.15) is 0 Å². The van der Waals surface area contributed by atoms with E-state index in [4.69, 9.17) is 0 Å². The van der Waals surface area contributed by atoms with E-state index in [0.29, 0.717) is 6.04 Å². The van der Waals surface area contributed by atoms with E-state index in [1.165, 1.54) is 36.5 Å². The summed E-state index contributed by atoms with van der Waals surface area (Å²) in [7, 11) is 0. The molecule has 82 valence electrons. The summed E-state index contributed by atoms with van der Waals surface area (Å²) in [6.07, 6.45) is 5.03. The van der Waals surface area contributed by atoms with Crippen molar-refractivity contribution in [2.45, 2.75) is 45.6 Å². The maximum absolute atomic E-state index is 4.61. The summed E-state index contributed by atoms with van der Waals surface area (Å²) in [6, 6.07) is 0.649. The van der Waals surface area contributed by atoms with Crippen molar-refractivity contribution in [2.24, 2.45) is 4.99 Å². The van der Waals surface area contributed by atoms with E-state index >= 15 is 0 Å². The first kappa shape index (κ1) is 12.1. The van der Waals surface area contributed by atoms with E-state index in [9.17, 15) is 0 Å². The zero-order valence-electron chi connectivity index (χ0n) is 9.38. The van der Waals surface area contributed by atoms with Gasteiger partial charge in [-0.1, -0.05) is 6.92 Å². The topological polar surface area (TPSA) is 24.4 Å². The maximum Gasteiger partial charge on any atom is 0.0676 e. The number of hydrogen-bond acceptors (Lipinski definition) is 3. The van der Waals surface area contributed by atoms with Crippen LogP contribution >= 0.6 is 11.8 Å². The zero-order valence-corrected chi connectivity index (χ0v) is 10.2. The molecule has 0 spiro atoms. The Balaban J connectivity index is 2.00. The summed E-state index contributed by atoms with van der Waals surface area (Å²) in [4.78, 5) is 4.61. The number of thioether (sulfide) groups is 1. The van der Waals surface area contributed by atoms with E-state index in [1.807, 2.05) is 11.8 Å². The molecule has 0 bridgehead atoms. The summed E-state index contributed by atoms with van der Waals surface area (Å²) in [5, 5.41) is 4.81. The first-order chi connectivity index (χ1) is 6.83. The molecule has 0 aromatic heterocycles. The van der Waals surface area contributed by atoms with Gasteiger partial charge in [0, 0.05) is 12.6 Å². The van der Waals surface area contributed by atoms with Crippen LogP contribution in [0.3, 0.4) is 0 Å². The molecule has 0 radical (unpaired) electrons. The van der Waals surface area contributed by atoms with Crippen LogP contribution in [0.2, 0.25) is 0 Å². The van der Waals surface area contributed by atoms with E-state index in [1.54, 1.807) is 0 Å². The molecular weight excluding hydrogens is 192 g/mol. The Labute approximate surface area is 92.0 Å². The monoisotopic (exact) mass is 214 g/mol. The second kappa shape index (κ2) is 7.30. The Morgan fingerprint density at radius 3 is 3.07 bits per heavy atom. The standard InChI is InChI=1S/C11H22N2S/c1-3-12-10(2)6-4-8-13-11-7-5-9-14-11/h10,12H,3-9H2,1-2H3. The Bertz CT molecular complexity index is 172. The second-order valence-electron chi connectivity index (χ2n) is 3.83. The van der Waals surface area contributed by atoms with E-state index in [-0.39, 0.29) is 0 Å². The van der Waals surface area contributed by atoms with Gasteiger partial charge >= 0.3 is 0 Å². The van der Waals surface area contributed by atoms with Gasteiger partial charge in [-0.2, -0.15) is 0 Å². The fourth-order valence-electron chi connectivity index (χ4n) is 1.66. The lowest BCUT2D eigenvalue weighted by Gasteiger charge is -2.10. The van der Waals surface area contributed by atoms with Crippen molar-refractivity contribution < 1.29 is 0 Å². The molecule has 1 unspecified atom stereocenters. The molecule has 1 heterocycles. The third kappa shape index (κ3) is 5.01. The van der Waals surface area contributed by atoms with Crippen molar-refractivity contribution in [3.8, 4) is 0 Å². The van der Waals surface area contributed by atoms with Crippen LogP contribution in [0.25, 0.3) is 0 Å². The molecular formula is C11H22N2S. The molecule has 0 aromatic carbocycles.